The van der Waals surface area contributed by atoms with Gasteiger partial charge in [0.1, 0.15) is 11.5 Å². The number of benzene rings is 2. The number of unbranched alkanes of at least 4 members (excludes halogenated alkanes) is 2. The van der Waals surface area contributed by atoms with Crippen molar-refractivity contribution in [1.29, 1.82) is 0 Å². The standard InChI is InChI=1S/C27H27N3O6S/c1-2-3-4-17-36-21-9-5-19(6-10-21)25(31)23-24(18-13-15-29-16-14-18)30(27(33)26(23)32)20-7-11-22(12-8-20)37(28,34)35/h5-16,24,31H,2-4,17H2,1H3,(H2,28,34,35)/b25-23+. The van der Waals surface area contributed by atoms with E-state index in [4.69, 9.17) is 9.88 Å². The number of anilines is 1. The largest absolute Gasteiger partial charge is 0.507 e. The molecule has 2 aromatic carbocycles. The molecule has 0 radical (unpaired) electrons. The molecule has 192 valence electrons. The normalized spacial score (nSPS) is 17.2. The molecule has 1 saturated heterocycles. The maximum atomic E-state index is 13.2. The van der Waals surface area contributed by atoms with E-state index in [1.54, 1.807) is 36.4 Å². The summed E-state index contributed by atoms with van der Waals surface area (Å²) in [4.78, 5) is 31.5. The Kier molecular flexibility index (Phi) is 7.70. The van der Waals surface area contributed by atoms with Gasteiger partial charge in [0, 0.05) is 23.6 Å². The highest BCUT2D eigenvalue weighted by atomic mass is 32.2. The molecule has 1 aliphatic rings. The van der Waals surface area contributed by atoms with Gasteiger partial charge in [-0.3, -0.25) is 19.5 Å². The average Bonchev–Trinajstić information content (AvgIpc) is 3.17. The SMILES string of the molecule is CCCCCOc1ccc(/C(O)=C2\C(=O)C(=O)N(c3ccc(S(N)(=O)=O)cc3)C2c2ccncc2)cc1. The molecule has 3 aromatic rings. The molecule has 4 rings (SSSR count). The van der Waals surface area contributed by atoms with Crippen molar-refractivity contribution < 1.29 is 27.9 Å². The molecule has 37 heavy (non-hydrogen) atoms. The number of rotatable bonds is 9. The number of aliphatic hydroxyl groups is 1. The van der Waals surface area contributed by atoms with Crippen LogP contribution in [0.5, 0.6) is 5.75 Å². The highest BCUT2D eigenvalue weighted by molar-refractivity contribution is 7.89. The number of sulfonamides is 1. The second-order valence-electron chi connectivity index (χ2n) is 8.57. The minimum absolute atomic E-state index is 0.0941. The highest BCUT2D eigenvalue weighted by Crippen LogP contribution is 2.42. The molecule has 0 bridgehead atoms. The van der Waals surface area contributed by atoms with Crippen LogP contribution in [0.3, 0.4) is 0 Å². The molecular weight excluding hydrogens is 494 g/mol. The van der Waals surface area contributed by atoms with Crippen molar-refractivity contribution >= 4 is 33.2 Å². The van der Waals surface area contributed by atoms with Crippen molar-refractivity contribution in [3.05, 3.63) is 89.8 Å². The van der Waals surface area contributed by atoms with Gasteiger partial charge in [0.2, 0.25) is 10.0 Å². The topological polar surface area (TPSA) is 140 Å². The summed E-state index contributed by atoms with van der Waals surface area (Å²) >= 11 is 0. The first-order chi connectivity index (χ1) is 17.7. The monoisotopic (exact) mass is 521 g/mol. The molecule has 10 heteroatoms. The van der Waals surface area contributed by atoms with E-state index in [2.05, 4.69) is 11.9 Å². The van der Waals surface area contributed by atoms with Crippen LogP contribution >= 0.6 is 0 Å². The third-order valence-electron chi connectivity index (χ3n) is 6.05. The van der Waals surface area contributed by atoms with E-state index in [1.165, 1.54) is 41.6 Å². The highest BCUT2D eigenvalue weighted by Gasteiger charge is 2.47. The number of nitrogens with two attached hydrogens (primary N) is 1. The van der Waals surface area contributed by atoms with Crippen LogP contribution in [0.1, 0.15) is 43.4 Å². The summed E-state index contributed by atoms with van der Waals surface area (Å²) in [6.07, 6.45) is 6.13. The van der Waals surface area contributed by atoms with E-state index in [-0.39, 0.29) is 21.9 Å². The van der Waals surface area contributed by atoms with Crippen LogP contribution in [0.4, 0.5) is 5.69 Å². The zero-order valence-electron chi connectivity index (χ0n) is 20.2. The first kappa shape index (κ1) is 26.1. The van der Waals surface area contributed by atoms with Crippen LogP contribution in [0.15, 0.2) is 83.5 Å². The van der Waals surface area contributed by atoms with Crippen LogP contribution in [0.2, 0.25) is 0 Å². The Morgan fingerprint density at radius 2 is 1.65 bits per heavy atom. The van der Waals surface area contributed by atoms with Crippen LogP contribution in [0, 0.1) is 0 Å². The molecule has 1 aliphatic heterocycles. The Balaban J connectivity index is 1.74. The van der Waals surface area contributed by atoms with Gasteiger partial charge >= 0.3 is 0 Å². The van der Waals surface area contributed by atoms with Crippen molar-refractivity contribution in [3.63, 3.8) is 0 Å². The minimum atomic E-state index is -3.94. The predicted octanol–water partition coefficient (Wildman–Crippen LogP) is 3.92. The lowest BCUT2D eigenvalue weighted by molar-refractivity contribution is -0.132. The maximum Gasteiger partial charge on any atom is 0.300 e. The van der Waals surface area contributed by atoms with Gasteiger partial charge < -0.3 is 9.84 Å². The fraction of sp³-hybridized carbons (Fsp3) is 0.222. The summed E-state index contributed by atoms with van der Waals surface area (Å²) in [6, 6.07) is 14.3. The number of pyridine rings is 1. The van der Waals surface area contributed by atoms with Gasteiger partial charge in [-0.15, -0.1) is 0 Å². The lowest BCUT2D eigenvalue weighted by atomic mass is 9.95. The second-order valence-corrected chi connectivity index (χ2v) is 10.1. The van der Waals surface area contributed by atoms with Crippen LogP contribution in [-0.4, -0.2) is 36.8 Å². The molecule has 1 amide bonds. The quantitative estimate of drug-likeness (QED) is 0.188. The minimum Gasteiger partial charge on any atom is -0.507 e. The molecule has 3 N–H and O–H groups in total. The molecule has 2 heterocycles. The number of amides is 1. The smallest absolute Gasteiger partial charge is 0.300 e. The van der Waals surface area contributed by atoms with Crippen LogP contribution in [-0.2, 0) is 19.6 Å². The summed E-state index contributed by atoms with van der Waals surface area (Å²) in [6.45, 7) is 2.69. The summed E-state index contributed by atoms with van der Waals surface area (Å²) < 4.78 is 29.0. The lowest BCUT2D eigenvalue weighted by Crippen LogP contribution is -2.29. The molecule has 1 unspecified atom stereocenters. The third-order valence-corrected chi connectivity index (χ3v) is 6.98. The van der Waals surface area contributed by atoms with E-state index in [0.29, 0.717) is 23.5 Å². The summed E-state index contributed by atoms with van der Waals surface area (Å²) in [5, 5.41) is 16.4. The van der Waals surface area contributed by atoms with Gasteiger partial charge in [-0.2, -0.15) is 0 Å². The Morgan fingerprint density at radius 3 is 2.24 bits per heavy atom. The van der Waals surface area contributed by atoms with Gasteiger partial charge in [-0.1, -0.05) is 19.8 Å². The van der Waals surface area contributed by atoms with Gasteiger partial charge in [0.15, 0.2) is 0 Å². The Bertz CT molecular complexity index is 1420. The second kappa shape index (κ2) is 10.9. The van der Waals surface area contributed by atoms with Gasteiger partial charge in [0.05, 0.1) is 23.1 Å². The summed E-state index contributed by atoms with van der Waals surface area (Å²) in [5.41, 5.74) is 1.07. The number of nitrogens with zero attached hydrogens (tertiary/aromatic N) is 2. The number of aromatic nitrogens is 1. The first-order valence-corrected chi connectivity index (χ1v) is 13.3. The van der Waals surface area contributed by atoms with Crippen LogP contribution < -0.4 is 14.8 Å². The number of aliphatic hydroxyl groups excluding tert-OH is 1. The van der Waals surface area contributed by atoms with E-state index in [9.17, 15) is 23.1 Å². The van der Waals surface area contributed by atoms with Gasteiger partial charge in [0.25, 0.3) is 11.7 Å². The summed E-state index contributed by atoms with van der Waals surface area (Å²) in [7, 11) is -3.94. The molecule has 0 spiro atoms. The van der Waals surface area contributed by atoms with Crippen molar-refractivity contribution in [2.75, 3.05) is 11.5 Å². The molecule has 1 fully saturated rings. The number of ether oxygens (including phenoxy) is 1. The number of Topliss-reactive ketones (excluding diaryl/α,β-unsaturated/α-hetero) is 1. The molecule has 0 aliphatic carbocycles. The molecule has 1 atom stereocenters. The fourth-order valence-electron chi connectivity index (χ4n) is 4.16. The zero-order chi connectivity index (χ0) is 26.6. The van der Waals surface area contributed by atoms with E-state index < -0.39 is 27.8 Å². The van der Waals surface area contributed by atoms with Gasteiger partial charge in [-0.25, -0.2) is 13.6 Å². The Hall–Kier alpha value is -4.02. The molecule has 1 aromatic heterocycles. The summed E-state index contributed by atoms with van der Waals surface area (Å²) in [5.74, 6) is -1.42. The number of hydrogen-bond acceptors (Lipinski definition) is 7. The Labute approximate surface area is 215 Å². The van der Waals surface area contributed by atoms with Crippen molar-refractivity contribution in [2.24, 2.45) is 5.14 Å². The lowest BCUT2D eigenvalue weighted by Gasteiger charge is -2.25. The van der Waals surface area contributed by atoms with Crippen molar-refractivity contribution in [3.8, 4) is 5.75 Å². The zero-order valence-corrected chi connectivity index (χ0v) is 21.0. The predicted molar refractivity (Wildman–Crippen MR) is 138 cm³/mol. The number of carbonyl (C=O) groups excluding carboxylic acids is 2. The van der Waals surface area contributed by atoms with Gasteiger partial charge in [-0.05, 0) is 72.6 Å². The number of carbonyl (C=O) groups is 2. The van der Waals surface area contributed by atoms with Crippen molar-refractivity contribution in [2.45, 2.75) is 37.1 Å². The van der Waals surface area contributed by atoms with Crippen molar-refractivity contribution in [1.82, 2.24) is 4.98 Å². The Morgan fingerprint density at radius 1 is 1.00 bits per heavy atom. The first-order valence-electron chi connectivity index (χ1n) is 11.8. The number of ketones is 1. The molecule has 0 saturated carbocycles. The molecule has 9 nitrogen and oxygen atoms in total. The van der Waals surface area contributed by atoms with E-state index >= 15 is 0 Å². The van der Waals surface area contributed by atoms with E-state index in [0.717, 1.165) is 19.3 Å². The number of primary sulfonamides is 1. The number of hydrogen-bond donors (Lipinski definition) is 2. The maximum absolute atomic E-state index is 13.2. The fourth-order valence-corrected chi connectivity index (χ4v) is 4.68. The average molecular weight is 522 g/mol. The molecular formula is C27H27N3O6S. The third kappa shape index (κ3) is 5.55. The van der Waals surface area contributed by atoms with E-state index in [1.807, 2.05) is 0 Å². The van der Waals surface area contributed by atoms with Crippen LogP contribution in [0.25, 0.3) is 5.76 Å².